The first-order valence-electron chi connectivity index (χ1n) is 4.04. The van der Waals surface area contributed by atoms with Gasteiger partial charge in [0.1, 0.15) is 0 Å². The summed E-state index contributed by atoms with van der Waals surface area (Å²) < 4.78 is 0. The Bertz CT molecular complexity index is 297. The van der Waals surface area contributed by atoms with Gasteiger partial charge in [-0.25, -0.2) is 0 Å². The minimum Gasteiger partial charge on any atom is -0.395 e. The molecule has 2 N–H and O–H groups in total. The molecule has 1 aromatic rings. The average molecular weight is 197 g/mol. The lowest BCUT2D eigenvalue weighted by Gasteiger charge is -2.17. The molecule has 0 aliphatic rings. The van der Waals surface area contributed by atoms with Crippen LogP contribution in [0.1, 0.15) is 10.6 Å². The van der Waals surface area contributed by atoms with E-state index in [0.717, 1.165) is 0 Å². The maximum absolute atomic E-state index is 11.6. The minimum absolute atomic E-state index is 0.0136. The quantitative estimate of drug-likeness (QED) is 0.579. The summed E-state index contributed by atoms with van der Waals surface area (Å²) >= 11 is 0. The number of carbonyl (C=O) groups excluding carboxylic acids is 1. The SMILES string of the molecule is C=CCN(CCO)C(=O)c1nn[nH]n1. The summed E-state index contributed by atoms with van der Waals surface area (Å²) in [6.45, 7) is 3.96. The number of H-pyrrole nitrogens is 1. The first-order valence-corrected chi connectivity index (χ1v) is 4.04. The Kier molecular flexibility index (Phi) is 3.74. The van der Waals surface area contributed by atoms with Crippen LogP contribution in [-0.4, -0.2) is 56.2 Å². The number of hydrogen-bond acceptors (Lipinski definition) is 5. The number of aromatic amines is 1. The van der Waals surface area contributed by atoms with Gasteiger partial charge in [0.2, 0.25) is 0 Å². The van der Waals surface area contributed by atoms with Crippen LogP contribution in [0.25, 0.3) is 0 Å². The number of carbonyl (C=O) groups is 1. The Hall–Kier alpha value is -1.76. The summed E-state index contributed by atoms with van der Waals surface area (Å²) in [7, 11) is 0. The predicted octanol–water partition coefficient (Wildman–Crippen LogP) is -1.18. The number of aromatic nitrogens is 4. The molecule has 0 spiro atoms. The van der Waals surface area contributed by atoms with Crippen molar-refractivity contribution in [3.63, 3.8) is 0 Å². The highest BCUT2D eigenvalue weighted by molar-refractivity contribution is 5.90. The second-order valence-electron chi connectivity index (χ2n) is 2.50. The summed E-state index contributed by atoms with van der Waals surface area (Å²) in [5, 5.41) is 21.3. The molecular weight excluding hydrogens is 186 g/mol. The molecule has 0 aromatic carbocycles. The fourth-order valence-electron chi connectivity index (χ4n) is 0.946. The van der Waals surface area contributed by atoms with Crippen LogP contribution in [0.2, 0.25) is 0 Å². The number of hydrogen-bond donors (Lipinski definition) is 2. The van der Waals surface area contributed by atoms with Crippen LogP contribution in [0, 0.1) is 0 Å². The number of amides is 1. The molecule has 0 saturated carbocycles. The Balaban J connectivity index is 2.68. The van der Waals surface area contributed by atoms with Crippen molar-refractivity contribution in [1.82, 2.24) is 25.5 Å². The van der Waals surface area contributed by atoms with Crippen LogP contribution in [0.4, 0.5) is 0 Å². The highest BCUT2D eigenvalue weighted by Crippen LogP contribution is 1.96. The topological polar surface area (TPSA) is 95.0 Å². The number of nitrogens with zero attached hydrogens (tertiary/aromatic N) is 4. The highest BCUT2D eigenvalue weighted by atomic mass is 16.3. The molecule has 0 atom stereocenters. The molecular formula is C7H11N5O2. The molecule has 0 unspecified atom stereocenters. The molecule has 1 aromatic heterocycles. The summed E-state index contributed by atoms with van der Waals surface area (Å²) in [5.41, 5.74) is 0. The third-order valence-electron chi connectivity index (χ3n) is 1.54. The maximum Gasteiger partial charge on any atom is 0.295 e. The van der Waals surface area contributed by atoms with Crippen LogP contribution in [0.3, 0.4) is 0 Å². The van der Waals surface area contributed by atoms with E-state index in [1.54, 1.807) is 6.08 Å². The minimum atomic E-state index is -0.382. The van der Waals surface area contributed by atoms with Gasteiger partial charge in [-0.05, 0) is 5.21 Å². The molecule has 0 bridgehead atoms. The van der Waals surface area contributed by atoms with E-state index in [4.69, 9.17) is 5.11 Å². The maximum atomic E-state index is 11.6. The van der Waals surface area contributed by atoms with E-state index in [1.807, 2.05) is 0 Å². The lowest BCUT2D eigenvalue weighted by molar-refractivity contribution is 0.0731. The van der Waals surface area contributed by atoms with Crippen molar-refractivity contribution in [2.24, 2.45) is 0 Å². The van der Waals surface area contributed by atoms with Gasteiger partial charge in [0.05, 0.1) is 6.61 Å². The summed E-state index contributed by atoms with van der Waals surface area (Å²) in [4.78, 5) is 12.9. The van der Waals surface area contributed by atoms with Crippen molar-refractivity contribution in [2.45, 2.75) is 0 Å². The van der Waals surface area contributed by atoms with Gasteiger partial charge in [0, 0.05) is 13.1 Å². The molecule has 76 valence electrons. The standard InChI is InChI=1S/C7H11N5O2/c1-2-3-12(4-5-13)7(14)6-8-10-11-9-6/h2,13H,1,3-5H2,(H,8,9,10,11). The van der Waals surface area contributed by atoms with E-state index in [0.29, 0.717) is 6.54 Å². The largest absolute Gasteiger partial charge is 0.395 e. The Morgan fingerprint density at radius 3 is 3.00 bits per heavy atom. The molecule has 0 radical (unpaired) electrons. The van der Waals surface area contributed by atoms with Crippen molar-refractivity contribution >= 4 is 5.91 Å². The first-order chi connectivity index (χ1) is 6.79. The lowest BCUT2D eigenvalue weighted by atomic mass is 10.4. The van der Waals surface area contributed by atoms with E-state index < -0.39 is 0 Å². The number of nitrogens with one attached hydrogen (secondary N) is 1. The molecule has 0 fully saturated rings. The van der Waals surface area contributed by atoms with Gasteiger partial charge in [-0.3, -0.25) is 4.79 Å². The zero-order valence-corrected chi connectivity index (χ0v) is 7.55. The molecule has 1 rings (SSSR count). The van der Waals surface area contributed by atoms with Crippen LogP contribution < -0.4 is 0 Å². The number of aliphatic hydroxyl groups excluding tert-OH is 1. The van der Waals surface area contributed by atoms with Crippen LogP contribution >= 0.6 is 0 Å². The van der Waals surface area contributed by atoms with Gasteiger partial charge in [0.25, 0.3) is 11.7 Å². The van der Waals surface area contributed by atoms with Gasteiger partial charge < -0.3 is 10.0 Å². The van der Waals surface area contributed by atoms with E-state index in [2.05, 4.69) is 27.2 Å². The van der Waals surface area contributed by atoms with E-state index in [-0.39, 0.29) is 24.9 Å². The zero-order valence-electron chi connectivity index (χ0n) is 7.55. The van der Waals surface area contributed by atoms with Crippen molar-refractivity contribution in [1.29, 1.82) is 0 Å². The molecule has 0 saturated heterocycles. The summed E-state index contributed by atoms with van der Waals surface area (Å²) in [6.07, 6.45) is 1.56. The lowest BCUT2D eigenvalue weighted by Crippen LogP contribution is -2.34. The Morgan fingerprint density at radius 1 is 1.71 bits per heavy atom. The van der Waals surface area contributed by atoms with E-state index in [1.165, 1.54) is 4.90 Å². The van der Waals surface area contributed by atoms with Crippen LogP contribution in [0.15, 0.2) is 12.7 Å². The average Bonchev–Trinajstić information content (AvgIpc) is 2.69. The number of rotatable bonds is 5. The molecule has 0 aliphatic carbocycles. The monoisotopic (exact) mass is 197 g/mol. The van der Waals surface area contributed by atoms with Crippen LogP contribution in [0.5, 0.6) is 0 Å². The Labute approximate surface area is 80.4 Å². The van der Waals surface area contributed by atoms with Gasteiger partial charge in [-0.15, -0.1) is 16.8 Å². The number of aliphatic hydroxyl groups is 1. The third kappa shape index (κ3) is 2.36. The second kappa shape index (κ2) is 5.07. The normalized spacial score (nSPS) is 9.79. The van der Waals surface area contributed by atoms with Gasteiger partial charge in [0.15, 0.2) is 0 Å². The van der Waals surface area contributed by atoms with Crippen LogP contribution in [-0.2, 0) is 0 Å². The number of tetrazole rings is 1. The third-order valence-corrected chi connectivity index (χ3v) is 1.54. The first kappa shape index (κ1) is 10.3. The molecule has 7 heteroatoms. The molecule has 1 amide bonds. The zero-order chi connectivity index (χ0) is 10.4. The second-order valence-corrected chi connectivity index (χ2v) is 2.50. The van der Waals surface area contributed by atoms with Crippen molar-refractivity contribution < 1.29 is 9.90 Å². The molecule has 7 nitrogen and oxygen atoms in total. The van der Waals surface area contributed by atoms with E-state index >= 15 is 0 Å². The fourth-order valence-corrected chi connectivity index (χ4v) is 0.946. The molecule has 0 aliphatic heterocycles. The summed E-state index contributed by atoms with van der Waals surface area (Å²) in [5.74, 6) is -0.395. The predicted molar refractivity (Wildman–Crippen MR) is 47.4 cm³/mol. The van der Waals surface area contributed by atoms with Gasteiger partial charge >= 0.3 is 0 Å². The van der Waals surface area contributed by atoms with Crippen molar-refractivity contribution in [3.05, 3.63) is 18.5 Å². The van der Waals surface area contributed by atoms with Gasteiger partial charge in [-0.1, -0.05) is 6.08 Å². The van der Waals surface area contributed by atoms with Crippen molar-refractivity contribution in [2.75, 3.05) is 19.7 Å². The highest BCUT2D eigenvalue weighted by Gasteiger charge is 2.17. The molecule has 14 heavy (non-hydrogen) atoms. The Morgan fingerprint density at radius 2 is 2.50 bits per heavy atom. The molecule has 1 heterocycles. The summed E-state index contributed by atoms with van der Waals surface area (Å²) in [6, 6.07) is 0. The van der Waals surface area contributed by atoms with Crippen molar-refractivity contribution in [3.8, 4) is 0 Å². The fraction of sp³-hybridized carbons (Fsp3) is 0.429. The van der Waals surface area contributed by atoms with Gasteiger partial charge in [-0.2, -0.15) is 5.21 Å². The smallest absolute Gasteiger partial charge is 0.295 e. The van der Waals surface area contributed by atoms with E-state index in [9.17, 15) is 4.79 Å².